The van der Waals surface area contributed by atoms with E-state index in [-0.39, 0.29) is 11.3 Å². The van der Waals surface area contributed by atoms with Crippen molar-refractivity contribution in [1.82, 2.24) is 20.0 Å². The van der Waals surface area contributed by atoms with Gasteiger partial charge >= 0.3 is 0 Å². The number of pyridine rings is 1. The second kappa shape index (κ2) is 6.43. The largest absolute Gasteiger partial charge is 0.337 e. The van der Waals surface area contributed by atoms with Crippen LogP contribution in [0.15, 0.2) is 29.0 Å². The van der Waals surface area contributed by atoms with Crippen molar-refractivity contribution in [3.8, 4) is 11.4 Å². The van der Waals surface area contributed by atoms with Gasteiger partial charge in [-0.15, -0.1) is 0 Å². The Balaban J connectivity index is 1.23. The minimum absolute atomic E-state index is 0.207. The van der Waals surface area contributed by atoms with Gasteiger partial charge in [-0.25, -0.2) is 0 Å². The van der Waals surface area contributed by atoms with Crippen molar-refractivity contribution < 1.29 is 9.32 Å². The first-order valence-electron chi connectivity index (χ1n) is 10.1. The highest BCUT2D eigenvalue weighted by Crippen LogP contribution is 2.61. The maximum absolute atomic E-state index is 12.9. The molecule has 4 saturated carbocycles. The summed E-state index contributed by atoms with van der Waals surface area (Å²) in [5.74, 6) is 3.79. The fraction of sp³-hybridized carbons (Fsp3) is 0.619. The molecule has 4 fully saturated rings. The number of nitrogens with zero attached hydrogens (tertiary/aromatic N) is 4. The maximum atomic E-state index is 12.9. The van der Waals surface area contributed by atoms with Gasteiger partial charge in [0.2, 0.25) is 17.6 Å². The van der Waals surface area contributed by atoms with E-state index in [1.54, 1.807) is 17.3 Å². The number of hydrogen-bond donors (Lipinski definition) is 0. The van der Waals surface area contributed by atoms with Crippen LogP contribution in [0.25, 0.3) is 11.4 Å². The van der Waals surface area contributed by atoms with Crippen LogP contribution in [0.1, 0.15) is 50.8 Å². The van der Waals surface area contributed by atoms with Gasteiger partial charge in [0.1, 0.15) is 0 Å². The summed E-state index contributed by atoms with van der Waals surface area (Å²) in [4.78, 5) is 23.2. The summed E-state index contributed by atoms with van der Waals surface area (Å²) in [6.07, 6.45) is 12.1. The molecule has 27 heavy (non-hydrogen) atoms. The quantitative estimate of drug-likeness (QED) is 0.807. The zero-order valence-corrected chi connectivity index (χ0v) is 15.8. The fourth-order valence-electron chi connectivity index (χ4n) is 6.18. The first-order chi connectivity index (χ1) is 13.1. The van der Waals surface area contributed by atoms with Crippen LogP contribution in [0.4, 0.5) is 0 Å². The van der Waals surface area contributed by atoms with Crippen LogP contribution in [-0.2, 0) is 11.3 Å². The Morgan fingerprint density at radius 2 is 1.93 bits per heavy atom. The molecule has 4 aliphatic carbocycles. The van der Waals surface area contributed by atoms with Crippen molar-refractivity contribution in [2.24, 2.45) is 23.2 Å². The lowest BCUT2D eigenvalue weighted by molar-refractivity contribution is -0.139. The summed E-state index contributed by atoms with van der Waals surface area (Å²) in [5, 5.41) is 4.02. The molecule has 6 heteroatoms. The summed E-state index contributed by atoms with van der Waals surface area (Å²) in [6, 6.07) is 3.73. The molecule has 0 aromatic carbocycles. The van der Waals surface area contributed by atoms with Crippen LogP contribution in [0.3, 0.4) is 0 Å². The van der Waals surface area contributed by atoms with Crippen LogP contribution in [-0.4, -0.2) is 33.0 Å². The van der Waals surface area contributed by atoms with Gasteiger partial charge in [-0.2, -0.15) is 4.98 Å². The number of rotatable bonds is 5. The number of hydrogen-bond acceptors (Lipinski definition) is 5. The molecule has 6 nitrogen and oxygen atoms in total. The van der Waals surface area contributed by atoms with Crippen LogP contribution < -0.4 is 0 Å². The van der Waals surface area contributed by atoms with Crippen LogP contribution in [0.5, 0.6) is 0 Å². The highest BCUT2D eigenvalue weighted by molar-refractivity contribution is 5.76. The lowest BCUT2D eigenvalue weighted by atomic mass is 9.49. The van der Waals surface area contributed by atoms with Crippen LogP contribution in [0, 0.1) is 23.2 Å². The van der Waals surface area contributed by atoms with E-state index in [0.29, 0.717) is 24.7 Å². The molecule has 0 aliphatic heterocycles. The summed E-state index contributed by atoms with van der Waals surface area (Å²) >= 11 is 0. The van der Waals surface area contributed by atoms with Crippen LogP contribution in [0.2, 0.25) is 0 Å². The Kier molecular flexibility index (Phi) is 4.02. The van der Waals surface area contributed by atoms with E-state index < -0.39 is 0 Å². The predicted molar refractivity (Wildman–Crippen MR) is 99.2 cm³/mol. The first kappa shape index (κ1) is 16.9. The summed E-state index contributed by atoms with van der Waals surface area (Å²) in [5.41, 5.74) is 1.07. The molecule has 0 atom stereocenters. The maximum Gasteiger partial charge on any atom is 0.246 e. The monoisotopic (exact) mass is 366 g/mol. The third-order valence-electron chi connectivity index (χ3n) is 6.88. The van der Waals surface area contributed by atoms with E-state index in [1.165, 1.54) is 38.5 Å². The highest BCUT2D eigenvalue weighted by Gasteiger charge is 2.51. The third-order valence-corrected chi connectivity index (χ3v) is 6.88. The summed E-state index contributed by atoms with van der Waals surface area (Å²) in [7, 11) is 1.84. The first-order valence-corrected chi connectivity index (χ1v) is 10.1. The van der Waals surface area contributed by atoms with Crippen molar-refractivity contribution in [3.05, 3.63) is 30.4 Å². The molecule has 2 heterocycles. The summed E-state index contributed by atoms with van der Waals surface area (Å²) < 4.78 is 5.35. The van der Waals surface area contributed by atoms with Crippen molar-refractivity contribution in [2.75, 3.05) is 7.05 Å². The third kappa shape index (κ3) is 3.26. The van der Waals surface area contributed by atoms with E-state index in [1.807, 2.05) is 19.2 Å². The number of amides is 1. The molecule has 4 aliphatic rings. The smallest absolute Gasteiger partial charge is 0.246 e. The van der Waals surface area contributed by atoms with E-state index in [4.69, 9.17) is 4.52 Å². The van der Waals surface area contributed by atoms with E-state index in [9.17, 15) is 4.79 Å². The van der Waals surface area contributed by atoms with Gasteiger partial charge in [0, 0.05) is 31.4 Å². The molecule has 6 rings (SSSR count). The molecule has 2 aromatic rings. The number of carbonyl (C=O) groups is 1. The van der Waals surface area contributed by atoms with Gasteiger partial charge < -0.3 is 9.42 Å². The van der Waals surface area contributed by atoms with E-state index in [0.717, 1.165) is 23.3 Å². The Bertz CT molecular complexity index is 796. The van der Waals surface area contributed by atoms with Crippen molar-refractivity contribution in [2.45, 2.75) is 51.5 Å². The molecular formula is C21H26N4O2. The Hall–Kier alpha value is -2.24. The Labute approximate surface area is 159 Å². The topological polar surface area (TPSA) is 72.1 Å². The molecule has 1 amide bonds. The Morgan fingerprint density at radius 1 is 1.22 bits per heavy atom. The average Bonchev–Trinajstić information content (AvgIpc) is 3.09. The molecule has 0 unspecified atom stereocenters. The van der Waals surface area contributed by atoms with Gasteiger partial charge in [-0.05, 0) is 73.8 Å². The minimum atomic E-state index is 0.207. The highest BCUT2D eigenvalue weighted by atomic mass is 16.5. The number of carbonyl (C=O) groups excluding carboxylic acids is 1. The number of aromatic nitrogens is 3. The molecule has 0 N–H and O–H groups in total. The van der Waals surface area contributed by atoms with Gasteiger partial charge in [-0.3, -0.25) is 9.78 Å². The van der Waals surface area contributed by atoms with Gasteiger partial charge in [0.25, 0.3) is 0 Å². The Morgan fingerprint density at radius 3 is 2.56 bits per heavy atom. The van der Waals surface area contributed by atoms with Crippen LogP contribution >= 0.6 is 0 Å². The zero-order valence-electron chi connectivity index (χ0n) is 15.8. The molecular weight excluding hydrogens is 340 g/mol. The molecule has 0 saturated heterocycles. The fourth-order valence-corrected chi connectivity index (χ4v) is 6.18. The molecule has 2 aromatic heterocycles. The second-order valence-corrected chi connectivity index (χ2v) is 9.10. The van der Waals surface area contributed by atoms with Crippen molar-refractivity contribution >= 4 is 5.91 Å². The standard InChI is InChI=1S/C21H26N4O2/c1-25(13-18-23-20(24-27-18)17-3-2-4-22-12-17)19(26)11-21-8-14-5-15(9-21)7-16(6-14)10-21/h2-4,12,14-16H,5-11,13H2,1H3. The molecule has 0 radical (unpaired) electrons. The summed E-state index contributed by atoms with van der Waals surface area (Å²) in [6.45, 7) is 0.360. The average molecular weight is 366 g/mol. The predicted octanol–water partition coefficient (Wildman–Crippen LogP) is 3.70. The van der Waals surface area contributed by atoms with E-state index in [2.05, 4.69) is 15.1 Å². The normalized spacial score (nSPS) is 31.2. The lowest BCUT2D eigenvalue weighted by Gasteiger charge is -2.56. The second-order valence-electron chi connectivity index (χ2n) is 9.10. The van der Waals surface area contributed by atoms with Gasteiger partial charge in [0.15, 0.2) is 0 Å². The molecule has 142 valence electrons. The van der Waals surface area contributed by atoms with E-state index >= 15 is 0 Å². The minimum Gasteiger partial charge on any atom is -0.337 e. The van der Waals surface area contributed by atoms with Crippen molar-refractivity contribution in [1.29, 1.82) is 0 Å². The molecule has 4 bridgehead atoms. The molecule has 0 spiro atoms. The lowest BCUT2D eigenvalue weighted by Crippen LogP contribution is -2.48. The van der Waals surface area contributed by atoms with Crippen molar-refractivity contribution in [3.63, 3.8) is 0 Å². The zero-order chi connectivity index (χ0) is 18.4. The SMILES string of the molecule is CN(Cc1nc(-c2cccnc2)no1)C(=O)CC12CC3CC(CC(C3)C1)C2. The van der Waals surface area contributed by atoms with Gasteiger partial charge in [0.05, 0.1) is 6.54 Å². The van der Waals surface area contributed by atoms with Gasteiger partial charge in [-0.1, -0.05) is 5.16 Å².